The molecule has 0 rings (SSSR count). The second-order valence-electron chi connectivity index (χ2n) is 3.19. The normalized spacial score (nSPS) is 15.7. The molecule has 0 radical (unpaired) electrons. The molecule has 0 aromatic rings. The van der Waals surface area contributed by atoms with Gasteiger partial charge in [-0.1, -0.05) is 6.92 Å². The molecule has 0 amide bonds. The van der Waals surface area contributed by atoms with Crippen molar-refractivity contribution in [3.63, 3.8) is 0 Å². The van der Waals surface area contributed by atoms with Crippen molar-refractivity contribution in [1.82, 2.24) is 5.32 Å². The minimum atomic E-state index is -4.43. The van der Waals surface area contributed by atoms with Crippen LogP contribution in [0.4, 0.5) is 13.2 Å². The van der Waals surface area contributed by atoms with E-state index in [1.807, 2.05) is 13.8 Å². The standard InChI is InChI=1S/C9H15F3N2S/c1-3-15-6-7(2)14-5-8(4-13)9(10,11)12/h7-8,14H,3,5-6H2,1-2H3. The van der Waals surface area contributed by atoms with Crippen LogP contribution in [0.1, 0.15) is 13.8 Å². The zero-order chi connectivity index (χ0) is 11.9. The fourth-order valence-electron chi connectivity index (χ4n) is 0.907. The lowest BCUT2D eigenvalue weighted by atomic mass is 10.1. The van der Waals surface area contributed by atoms with Crippen LogP contribution >= 0.6 is 11.8 Å². The molecular formula is C9H15F3N2S. The van der Waals surface area contributed by atoms with E-state index in [1.54, 1.807) is 11.8 Å². The van der Waals surface area contributed by atoms with E-state index >= 15 is 0 Å². The van der Waals surface area contributed by atoms with Crippen molar-refractivity contribution >= 4 is 11.8 Å². The first-order valence-electron chi connectivity index (χ1n) is 4.69. The number of hydrogen-bond donors (Lipinski definition) is 1. The van der Waals surface area contributed by atoms with Gasteiger partial charge < -0.3 is 5.32 Å². The number of thioether (sulfide) groups is 1. The fraction of sp³-hybridized carbons (Fsp3) is 0.889. The number of nitrogens with one attached hydrogen (secondary N) is 1. The summed E-state index contributed by atoms with van der Waals surface area (Å²) >= 11 is 1.66. The Hall–Kier alpha value is -0.410. The average Bonchev–Trinajstić information content (AvgIpc) is 2.13. The molecule has 0 aromatic carbocycles. The lowest BCUT2D eigenvalue weighted by Crippen LogP contribution is -2.38. The summed E-state index contributed by atoms with van der Waals surface area (Å²) in [5, 5.41) is 11.0. The maximum absolute atomic E-state index is 12.2. The fourth-order valence-corrected chi connectivity index (χ4v) is 1.61. The molecule has 0 fully saturated rings. The molecule has 2 nitrogen and oxygen atoms in total. The number of rotatable bonds is 6. The molecular weight excluding hydrogens is 225 g/mol. The zero-order valence-corrected chi connectivity index (χ0v) is 9.58. The van der Waals surface area contributed by atoms with E-state index < -0.39 is 12.1 Å². The highest BCUT2D eigenvalue weighted by Crippen LogP contribution is 2.24. The molecule has 0 aliphatic rings. The molecule has 0 aliphatic heterocycles. The van der Waals surface area contributed by atoms with Gasteiger partial charge in [-0.25, -0.2) is 0 Å². The maximum Gasteiger partial charge on any atom is 0.405 e. The first-order chi connectivity index (χ1) is 6.91. The van der Waals surface area contributed by atoms with Crippen LogP contribution in [0.3, 0.4) is 0 Å². The summed E-state index contributed by atoms with van der Waals surface area (Å²) < 4.78 is 36.5. The van der Waals surface area contributed by atoms with Crippen molar-refractivity contribution in [2.45, 2.75) is 26.1 Å². The molecule has 88 valence electrons. The van der Waals surface area contributed by atoms with Crippen LogP contribution in [0.15, 0.2) is 0 Å². The Labute approximate surface area is 92.2 Å². The van der Waals surface area contributed by atoms with Gasteiger partial charge >= 0.3 is 6.18 Å². The van der Waals surface area contributed by atoms with E-state index in [0.29, 0.717) is 0 Å². The highest BCUT2D eigenvalue weighted by Gasteiger charge is 2.39. The Balaban J connectivity index is 3.87. The van der Waals surface area contributed by atoms with Crippen molar-refractivity contribution in [3.05, 3.63) is 0 Å². The van der Waals surface area contributed by atoms with Crippen LogP contribution in [-0.2, 0) is 0 Å². The molecule has 0 bridgehead atoms. The van der Waals surface area contributed by atoms with Gasteiger partial charge in [0.15, 0.2) is 5.92 Å². The molecule has 2 unspecified atom stereocenters. The number of hydrogen-bond acceptors (Lipinski definition) is 3. The van der Waals surface area contributed by atoms with Gasteiger partial charge in [-0.15, -0.1) is 0 Å². The Morgan fingerprint density at radius 1 is 1.47 bits per heavy atom. The average molecular weight is 240 g/mol. The van der Waals surface area contributed by atoms with Crippen molar-refractivity contribution in [2.24, 2.45) is 5.92 Å². The van der Waals surface area contributed by atoms with Gasteiger partial charge in [-0.2, -0.15) is 30.2 Å². The number of nitrogens with zero attached hydrogens (tertiary/aromatic N) is 1. The Morgan fingerprint density at radius 2 is 2.07 bits per heavy atom. The zero-order valence-electron chi connectivity index (χ0n) is 8.77. The second kappa shape index (κ2) is 6.96. The van der Waals surface area contributed by atoms with Crippen molar-refractivity contribution in [3.8, 4) is 6.07 Å². The van der Waals surface area contributed by atoms with Crippen LogP contribution in [0.5, 0.6) is 0 Å². The molecule has 1 N–H and O–H groups in total. The molecule has 0 aromatic heterocycles. The third-order valence-corrected chi connectivity index (χ3v) is 2.94. The number of nitriles is 1. The molecule has 0 aliphatic carbocycles. The van der Waals surface area contributed by atoms with Crippen LogP contribution in [0, 0.1) is 17.2 Å². The van der Waals surface area contributed by atoms with E-state index in [4.69, 9.17) is 5.26 Å². The van der Waals surface area contributed by atoms with E-state index in [9.17, 15) is 13.2 Å². The summed E-state index contributed by atoms with van der Waals surface area (Å²) in [7, 11) is 0. The number of alkyl halides is 3. The maximum atomic E-state index is 12.2. The number of halogens is 3. The molecule has 2 atom stereocenters. The summed E-state index contributed by atoms with van der Waals surface area (Å²) in [6, 6.07) is 1.25. The highest BCUT2D eigenvalue weighted by atomic mass is 32.2. The quantitative estimate of drug-likeness (QED) is 0.774. The second-order valence-corrected chi connectivity index (χ2v) is 4.51. The SMILES string of the molecule is CCSCC(C)NCC(C#N)C(F)(F)F. The first kappa shape index (κ1) is 14.6. The van der Waals surface area contributed by atoms with Crippen LogP contribution in [0.2, 0.25) is 0 Å². The minimum Gasteiger partial charge on any atom is -0.312 e. The molecule has 0 saturated heterocycles. The largest absolute Gasteiger partial charge is 0.405 e. The van der Waals surface area contributed by atoms with Crippen molar-refractivity contribution in [1.29, 1.82) is 5.26 Å². The van der Waals surface area contributed by atoms with Gasteiger partial charge in [0.25, 0.3) is 0 Å². The Morgan fingerprint density at radius 3 is 2.47 bits per heavy atom. The summed E-state index contributed by atoms with van der Waals surface area (Å²) in [5.41, 5.74) is 0. The summed E-state index contributed by atoms with van der Waals surface area (Å²) in [4.78, 5) is 0. The van der Waals surface area contributed by atoms with Crippen molar-refractivity contribution in [2.75, 3.05) is 18.1 Å². The topological polar surface area (TPSA) is 35.8 Å². The van der Waals surface area contributed by atoms with Gasteiger partial charge in [-0.3, -0.25) is 0 Å². The Bertz CT molecular complexity index is 212. The third kappa shape index (κ3) is 6.63. The lowest BCUT2D eigenvalue weighted by Gasteiger charge is -2.17. The molecule has 0 spiro atoms. The molecule has 15 heavy (non-hydrogen) atoms. The monoisotopic (exact) mass is 240 g/mol. The van der Waals surface area contributed by atoms with Gasteiger partial charge in [0.2, 0.25) is 0 Å². The summed E-state index contributed by atoms with van der Waals surface area (Å²) in [6.07, 6.45) is -4.43. The molecule has 0 heterocycles. The van der Waals surface area contributed by atoms with Gasteiger partial charge in [0.05, 0.1) is 6.07 Å². The van der Waals surface area contributed by atoms with E-state index in [2.05, 4.69) is 5.32 Å². The van der Waals surface area contributed by atoms with E-state index in [-0.39, 0.29) is 12.6 Å². The predicted molar refractivity (Wildman–Crippen MR) is 55.6 cm³/mol. The van der Waals surface area contributed by atoms with Crippen LogP contribution in [0.25, 0.3) is 0 Å². The van der Waals surface area contributed by atoms with Gasteiger partial charge in [0, 0.05) is 18.3 Å². The Kier molecular flexibility index (Phi) is 6.77. The van der Waals surface area contributed by atoms with Gasteiger partial charge in [-0.05, 0) is 12.7 Å². The highest BCUT2D eigenvalue weighted by molar-refractivity contribution is 7.99. The lowest BCUT2D eigenvalue weighted by molar-refractivity contribution is -0.157. The van der Waals surface area contributed by atoms with Crippen molar-refractivity contribution < 1.29 is 13.2 Å². The third-order valence-electron chi connectivity index (χ3n) is 1.79. The van der Waals surface area contributed by atoms with E-state index in [0.717, 1.165) is 11.5 Å². The molecule has 6 heteroatoms. The first-order valence-corrected chi connectivity index (χ1v) is 5.84. The van der Waals surface area contributed by atoms with Gasteiger partial charge in [0.1, 0.15) is 0 Å². The minimum absolute atomic E-state index is 0.00634. The smallest absolute Gasteiger partial charge is 0.312 e. The molecule has 0 saturated carbocycles. The van der Waals surface area contributed by atoms with E-state index in [1.165, 1.54) is 6.07 Å². The summed E-state index contributed by atoms with van der Waals surface area (Å²) in [5.74, 6) is -0.217. The van der Waals surface area contributed by atoms with Crippen LogP contribution in [-0.4, -0.2) is 30.3 Å². The predicted octanol–water partition coefficient (Wildman–Crippen LogP) is 2.42. The summed E-state index contributed by atoms with van der Waals surface area (Å²) in [6.45, 7) is 3.48. The van der Waals surface area contributed by atoms with Crippen LogP contribution < -0.4 is 5.32 Å².